The van der Waals surface area contributed by atoms with E-state index in [1.807, 2.05) is 0 Å². The third kappa shape index (κ3) is 3.88. The Bertz CT molecular complexity index is 1030. The second-order valence-corrected chi connectivity index (χ2v) is 8.85. The van der Waals surface area contributed by atoms with Gasteiger partial charge in [0.2, 0.25) is 5.96 Å². The molecule has 0 bridgehead atoms. The van der Waals surface area contributed by atoms with Crippen molar-refractivity contribution in [3.8, 4) is 5.75 Å². The van der Waals surface area contributed by atoms with Crippen LogP contribution in [0.1, 0.15) is 17.2 Å². The zero-order valence-corrected chi connectivity index (χ0v) is 17.8. The largest absolute Gasteiger partial charge is 0.491 e. The number of carbonyl (C=O) groups is 1. The van der Waals surface area contributed by atoms with Gasteiger partial charge in [-0.25, -0.2) is 9.98 Å². The highest BCUT2D eigenvalue weighted by atomic mass is 35.5. The Labute approximate surface area is 183 Å². The highest BCUT2D eigenvalue weighted by Gasteiger charge is 2.41. The molecule has 3 aliphatic rings. The number of aliphatic imine (C=N–C) groups is 2. The zero-order valence-electron chi connectivity index (χ0n) is 15.5. The average molecular weight is 479 g/mol. The molecule has 2 unspecified atom stereocenters. The summed E-state index contributed by atoms with van der Waals surface area (Å²) in [6.45, 7) is -0.909. The molecule has 3 heterocycles. The highest BCUT2D eigenvalue weighted by Crippen LogP contribution is 2.49. The maximum absolute atomic E-state index is 12.7. The quantitative estimate of drug-likeness (QED) is 0.712. The van der Waals surface area contributed by atoms with Gasteiger partial charge in [-0.1, -0.05) is 41.0 Å². The summed E-state index contributed by atoms with van der Waals surface area (Å²) >= 11 is 13.7. The van der Waals surface area contributed by atoms with Crippen molar-refractivity contribution in [2.75, 3.05) is 20.2 Å². The molecule has 2 N–H and O–H groups in total. The smallest absolute Gasteiger partial charge is 0.406 e. The van der Waals surface area contributed by atoms with E-state index in [0.29, 0.717) is 44.3 Å². The molecular weight excluding hydrogens is 464 g/mol. The van der Waals surface area contributed by atoms with Crippen molar-refractivity contribution in [1.29, 1.82) is 0 Å². The zero-order chi connectivity index (χ0) is 21.8. The number of thioether (sulfide) groups is 1. The molecule has 12 heteroatoms. The van der Waals surface area contributed by atoms with Crippen molar-refractivity contribution in [1.82, 2.24) is 4.90 Å². The fraction of sp³-hybridized carbons (Fsp3) is 0.389. The fourth-order valence-corrected chi connectivity index (χ4v) is 5.49. The van der Waals surface area contributed by atoms with Gasteiger partial charge in [-0.3, -0.25) is 4.79 Å². The molecule has 0 radical (unpaired) electrons. The minimum Gasteiger partial charge on any atom is -0.491 e. The number of halogens is 5. The first kappa shape index (κ1) is 21.3. The van der Waals surface area contributed by atoms with Gasteiger partial charge < -0.3 is 15.4 Å². The van der Waals surface area contributed by atoms with Gasteiger partial charge in [0, 0.05) is 29.6 Å². The summed E-state index contributed by atoms with van der Waals surface area (Å²) in [6, 6.07) is 0.970. The van der Waals surface area contributed by atoms with Crippen LogP contribution in [0, 0.1) is 5.92 Å². The lowest BCUT2D eigenvalue weighted by molar-refractivity contribution is -0.155. The van der Waals surface area contributed by atoms with Gasteiger partial charge in [-0.2, -0.15) is 13.2 Å². The number of nitrogens with zero attached hydrogens (tertiary/aromatic N) is 3. The Morgan fingerprint density at radius 2 is 2.13 bits per heavy atom. The number of amides is 1. The predicted molar refractivity (Wildman–Crippen MR) is 110 cm³/mol. The van der Waals surface area contributed by atoms with E-state index in [9.17, 15) is 18.0 Å². The topological polar surface area (TPSA) is 80.3 Å². The first-order valence-corrected chi connectivity index (χ1v) is 10.4. The Kier molecular flexibility index (Phi) is 5.44. The molecule has 3 aliphatic heterocycles. The van der Waals surface area contributed by atoms with Crippen molar-refractivity contribution in [3.63, 3.8) is 0 Å². The normalized spacial score (nSPS) is 22.5. The molecule has 1 aromatic rings. The summed E-state index contributed by atoms with van der Waals surface area (Å²) in [5.41, 5.74) is 7.37. The molecule has 0 aromatic heterocycles. The second kappa shape index (κ2) is 7.65. The molecule has 0 fully saturated rings. The number of hydrogen-bond acceptors (Lipinski definition) is 6. The van der Waals surface area contributed by atoms with E-state index in [1.165, 1.54) is 0 Å². The van der Waals surface area contributed by atoms with Crippen molar-refractivity contribution in [3.05, 3.63) is 38.2 Å². The molecule has 0 saturated heterocycles. The van der Waals surface area contributed by atoms with E-state index in [2.05, 4.69) is 9.98 Å². The summed E-state index contributed by atoms with van der Waals surface area (Å²) in [7, 11) is 1.10. The van der Waals surface area contributed by atoms with Crippen molar-refractivity contribution < 1.29 is 22.7 Å². The first-order valence-electron chi connectivity index (χ1n) is 8.82. The van der Waals surface area contributed by atoms with Gasteiger partial charge in [-0.05, 0) is 6.07 Å². The van der Waals surface area contributed by atoms with E-state index in [1.54, 1.807) is 12.1 Å². The van der Waals surface area contributed by atoms with Crippen LogP contribution in [0.2, 0.25) is 10.0 Å². The van der Waals surface area contributed by atoms with E-state index in [0.717, 1.165) is 24.4 Å². The Morgan fingerprint density at radius 1 is 1.40 bits per heavy atom. The van der Waals surface area contributed by atoms with Crippen LogP contribution in [0.3, 0.4) is 0 Å². The van der Waals surface area contributed by atoms with Crippen LogP contribution in [0.5, 0.6) is 5.75 Å². The summed E-state index contributed by atoms with van der Waals surface area (Å²) in [4.78, 5) is 21.9. The molecule has 1 aromatic carbocycles. The molecule has 6 nitrogen and oxygen atoms in total. The summed E-state index contributed by atoms with van der Waals surface area (Å²) in [6.07, 6.45) is -2.34. The Hall–Kier alpha value is -1.91. The van der Waals surface area contributed by atoms with E-state index in [4.69, 9.17) is 33.7 Å². The lowest BCUT2D eigenvalue weighted by Gasteiger charge is -2.25. The maximum Gasteiger partial charge on any atom is 0.406 e. The molecule has 160 valence electrons. The fourth-order valence-electron chi connectivity index (χ4n) is 3.67. The minimum absolute atomic E-state index is 0.00294. The van der Waals surface area contributed by atoms with Crippen LogP contribution < -0.4 is 10.5 Å². The van der Waals surface area contributed by atoms with Crippen LogP contribution >= 0.6 is 35.0 Å². The van der Waals surface area contributed by atoms with Gasteiger partial charge in [0.25, 0.3) is 5.91 Å². The van der Waals surface area contributed by atoms with E-state index < -0.39 is 30.6 Å². The summed E-state index contributed by atoms with van der Waals surface area (Å²) < 4.78 is 43.6. The van der Waals surface area contributed by atoms with Crippen molar-refractivity contribution >= 4 is 51.9 Å². The van der Waals surface area contributed by atoms with Crippen LogP contribution in [-0.4, -0.2) is 48.2 Å². The van der Waals surface area contributed by atoms with E-state index >= 15 is 0 Å². The SMILES string of the molecule is CN(CC(F)(F)F)C(=O)C1=CC2C(=NC(N)=NC2c2c(Cl)cc(Cl)c3c2CCO3)S1. The standard InChI is InChI=1S/C18H15Cl2F3N4O2S/c1-27(6-18(21,22)23)16(28)11-4-8-13(25-17(24)26-15(8)30-11)12-7-2-3-29-14(7)10(20)5-9(12)19/h4-5,8,13H,2-3,6H2,1H3,(H2,24,25). The Balaban J connectivity index is 1.70. The van der Waals surface area contributed by atoms with E-state index in [-0.39, 0.29) is 10.9 Å². The second-order valence-electron chi connectivity index (χ2n) is 6.98. The summed E-state index contributed by atoms with van der Waals surface area (Å²) in [5, 5.41) is 1.24. The third-order valence-corrected chi connectivity index (χ3v) is 6.56. The molecule has 4 rings (SSSR count). The maximum atomic E-state index is 12.7. The number of guanidine groups is 1. The molecular formula is C18H15Cl2F3N4O2S. The van der Waals surface area contributed by atoms with Crippen LogP contribution in [-0.2, 0) is 11.2 Å². The molecule has 30 heavy (non-hydrogen) atoms. The summed E-state index contributed by atoms with van der Waals surface area (Å²) in [5.74, 6) is -0.695. The Morgan fingerprint density at radius 3 is 2.83 bits per heavy atom. The van der Waals surface area contributed by atoms with Gasteiger partial charge in [0.05, 0.1) is 33.5 Å². The number of alkyl halides is 3. The lowest BCUT2D eigenvalue weighted by atomic mass is 9.88. The molecule has 0 spiro atoms. The van der Waals surface area contributed by atoms with Gasteiger partial charge in [0.15, 0.2) is 0 Å². The number of ether oxygens (including phenoxy) is 1. The van der Waals surface area contributed by atoms with Crippen molar-refractivity contribution in [2.45, 2.75) is 18.6 Å². The number of hydrogen-bond donors (Lipinski definition) is 1. The molecule has 0 saturated carbocycles. The van der Waals surface area contributed by atoms with Crippen LogP contribution in [0.4, 0.5) is 13.2 Å². The number of carbonyl (C=O) groups excluding carboxylic acids is 1. The number of nitrogens with two attached hydrogens (primary N) is 1. The lowest BCUT2D eigenvalue weighted by Crippen LogP contribution is -2.36. The minimum atomic E-state index is -4.49. The number of benzene rings is 1. The number of fused-ring (bicyclic) bond motifs is 2. The molecule has 1 amide bonds. The number of likely N-dealkylation sites (N-methyl/N-ethyl adjacent to an activating group) is 1. The van der Waals surface area contributed by atoms with Crippen LogP contribution in [0.25, 0.3) is 0 Å². The first-order chi connectivity index (χ1) is 14.0. The molecule has 0 aliphatic carbocycles. The predicted octanol–water partition coefficient (Wildman–Crippen LogP) is 3.96. The van der Waals surface area contributed by atoms with Crippen molar-refractivity contribution in [2.24, 2.45) is 21.6 Å². The number of rotatable bonds is 3. The van der Waals surface area contributed by atoms with Crippen LogP contribution in [0.15, 0.2) is 27.0 Å². The van der Waals surface area contributed by atoms with Gasteiger partial charge >= 0.3 is 6.18 Å². The van der Waals surface area contributed by atoms with Gasteiger partial charge in [-0.15, -0.1) is 0 Å². The highest BCUT2D eigenvalue weighted by molar-refractivity contribution is 8.18. The molecule has 2 atom stereocenters. The third-order valence-electron chi connectivity index (χ3n) is 4.86. The monoisotopic (exact) mass is 478 g/mol. The average Bonchev–Trinajstić information content (AvgIpc) is 3.26. The van der Waals surface area contributed by atoms with Gasteiger partial charge in [0.1, 0.15) is 12.3 Å².